The van der Waals surface area contributed by atoms with E-state index in [0.717, 1.165) is 42.6 Å². The van der Waals surface area contributed by atoms with Crippen LogP contribution >= 0.6 is 11.8 Å². The van der Waals surface area contributed by atoms with Gasteiger partial charge in [-0.1, -0.05) is 30.7 Å². The average Bonchev–Trinajstić information content (AvgIpc) is 2.42. The number of rotatable bonds is 4. The summed E-state index contributed by atoms with van der Waals surface area (Å²) in [5.74, 6) is 0.753. The first-order chi connectivity index (χ1) is 10.1. The van der Waals surface area contributed by atoms with Gasteiger partial charge in [-0.25, -0.2) is 8.42 Å². The molecule has 1 atom stereocenters. The number of nitrogens with one attached hydrogen (secondary N) is 1. The van der Waals surface area contributed by atoms with Gasteiger partial charge in [0, 0.05) is 0 Å². The maximum absolute atomic E-state index is 12.4. The standard InChI is InChI=1S/C15H19NO3S2/c17-15(16-21(18,19)10-11-4-3-5-11)14-13-7-2-1-6-12(13)8-9-20-14/h1-2,6-7,11,14H,3-5,8-10H2,(H,16,17). The Morgan fingerprint density at radius 2 is 2.05 bits per heavy atom. The first kappa shape index (κ1) is 14.9. The van der Waals surface area contributed by atoms with Gasteiger partial charge < -0.3 is 0 Å². The molecule has 1 N–H and O–H groups in total. The van der Waals surface area contributed by atoms with Crippen molar-refractivity contribution >= 4 is 27.7 Å². The summed E-state index contributed by atoms with van der Waals surface area (Å²) < 4.78 is 26.4. The Morgan fingerprint density at radius 1 is 1.29 bits per heavy atom. The van der Waals surface area contributed by atoms with Crippen molar-refractivity contribution in [2.75, 3.05) is 11.5 Å². The zero-order chi connectivity index (χ0) is 14.9. The first-order valence-electron chi connectivity index (χ1n) is 7.29. The molecule has 3 rings (SSSR count). The van der Waals surface area contributed by atoms with E-state index in [9.17, 15) is 13.2 Å². The number of carbonyl (C=O) groups excluding carboxylic acids is 1. The van der Waals surface area contributed by atoms with E-state index >= 15 is 0 Å². The lowest BCUT2D eigenvalue weighted by Crippen LogP contribution is -2.39. The van der Waals surface area contributed by atoms with Gasteiger partial charge in [0.1, 0.15) is 5.25 Å². The van der Waals surface area contributed by atoms with E-state index in [-0.39, 0.29) is 11.7 Å². The lowest BCUT2D eigenvalue weighted by molar-refractivity contribution is -0.118. The van der Waals surface area contributed by atoms with Gasteiger partial charge in [-0.3, -0.25) is 9.52 Å². The molecule has 4 nitrogen and oxygen atoms in total. The van der Waals surface area contributed by atoms with Crippen molar-refractivity contribution in [3.05, 3.63) is 35.4 Å². The fourth-order valence-corrected chi connectivity index (χ4v) is 5.56. The van der Waals surface area contributed by atoms with E-state index in [0.29, 0.717) is 0 Å². The number of carbonyl (C=O) groups is 1. The second-order valence-corrected chi connectivity index (χ2v) is 8.72. The van der Waals surface area contributed by atoms with Gasteiger partial charge in [0.15, 0.2) is 0 Å². The second kappa shape index (κ2) is 6.01. The lowest BCUT2D eigenvalue weighted by atomic mass is 9.87. The molecule has 0 aromatic heterocycles. The molecule has 1 amide bonds. The van der Waals surface area contributed by atoms with Crippen molar-refractivity contribution < 1.29 is 13.2 Å². The Labute approximate surface area is 129 Å². The van der Waals surface area contributed by atoms with Gasteiger partial charge in [0.05, 0.1) is 5.75 Å². The Hall–Kier alpha value is -1.01. The first-order valence-corrected chi connectivity index (χ1v) is 9.99. The summed E-state index contributed by atoms with van der Waals surface area (Å²) in [6.45, 7) is 0. The molecule has 1 aliphatic heterocycles. The molecule has 0 saturated heterocycles. The Morgan fingerprint density at radius 3 is 2.76 bits per heavy atom. The SMILES string of the molecule is O=C(NS(=O)(=O)CC1CCC1)C1SCCc2ccccc21. The summed E-state index contributed by atoms with van der Waals surface area (Å²) in [5.41, 5.74) is 2.10. The van der Waals surface area contributed by atoms with E-state index in [1.54, 1.807) is 0 Å². The number of sulfonamides is 1. The van der Waals surface area contributed by atoms with E-state index in [1.807, 2.05) is 24.3 Å². The highest BCUT2D eigenvalue weighted by Gasteiger charge is 2.31. The maximum atomic E-state index is 12.4. The van der Waals surface area contributed by atoms with Gasteiger partial charge in [0.2, 0.25) is 10.0 Å². The Bertz CT molecular complexity index is 638. The molecule has 2 aliphatic rings. The molecule has 1 unspecified atom stereocenters. The van der Waals surface area contributed by atoms with Crippen LogP contribution in [0.15, 0.2) is 24.3 Å². The molecule has 1 aromatic rings. The highest BCUT2D eigenvalue weighted by atomic mass is 32.2. The molecule has 6 heteroatoms. The van der Waals surface area contributed by atoms with Crippen LogP contribution in [-0.2, 0) is 21.2 Å². The number of thioether (sulfide) groups is 1. The topological polar surface area (TPSA) is 63.2 Å². The van der Waals surface area contributed by atoms with Crippen molar-refractivity contribution in [1.29, 1.82) is 0 Å². The van der Waals surface area contributed by atoms with Gasteiger partial charge in [-0.05, 0) is 42.1 Å². The summed E-state index contributed by atoms with van der Waals surface area (Å²) >= 11 is 1.52. The molecule has 1 aromatic carbocycles. The van der Waals surface area contributed by atoms with Crippen LogP contribution in [0.1, 0.15) is 35.6 Å². The molecule has 1 heterocycles. The van der Waals surface area contributed by atoms with Crippen LogP contribution in [0.2, 0.25) is 0 Å². The van der Waals surface area contributed by atoms with E-state index in [4.69, 9.17) is 0 Å². The van der Waals surface area contributed by atoms with Crippen LogP contribution in [0.4, 0.5) is 0 Å². The third-order valence-corrected chi connectivity index (χ3v) is 6.83. The van der Waals surface area contributed by atoms with Gasteiger partial charge in [-0.2, -0.15) is 0 Å². The zero-order valence-corrected chi connectivity index (χ0v) is 13.4. The van der Waals surface area contributed by atoms with E-state index < -0.39 is 21.2 Å². The third kappa shape index (κ3) is 3.43. The lowest BCUT2D eigenvalue weighted by Gasteiger charge is -2.27. The second-order valence-electron chi connectivity index (χ2n) is 5.74. The summed E-state index contributed by atoms with van der Waals surface area (Å²) in [7, 11) is -3.51. The van der Waals surface area contributed by atoms with Crippen molar-refractivity contribution in [2.45, 2.75) is 30.9 Å². The number of hydrogen-bond acceptors (Lipinski definition) is 4. The minimum atomic E-state index is -3.51. The number of aryl methyl sites for hydroxylation is 1. The van der Waals surface area contributed by atoms with Crippen molar-refractivity contribution in [2.24, 2.45) is 5.92 Å². The van der Waals surface area contributed by atoms with Crippen LogP contribution in [0.25, 0.3) is 0 Å². The van der Waals surface area contributed by atoms with Crippen molar-refractivity contribution in [3.63, 3.8) is 0 Å². The number of hydrogen-bond donors (Lipinski definition) is 1. The van der Waals surface area contributed by atoms with Gasteiger partial charge in [0.25, 0.3) is 5.91 Å². The van der Waals surface area contributed by atoms with Gasteiger partial charge >= 0.3 is 0 Å². The molecule has 114 valence electrons. The zero-order valence-electron chi connectivity index (χ0n) is 11.7. The van der Waals surface area contributed by atoms with Crippen LogP contribution in [0.5, 0.6) is 0 Å². The van der Waals surface area contributed by atoms with Crippen molar-refractivity contribution in [1.82, 2.24) is 4.72 Å². The summed E-state index contributed by atoms with van der Waals surface area (Å²) in [4.78, 5) is 12.4. The quantitative estimate of drug-likeness (QED) is 0.922. The molecule has 1 aliphatic carbocycles. The van der Waals surface area contributed by atoms with Crippen LogP contribution in [0.3, 0.4) is 0 Å². The van der Waals surface area contributed by atoms with Crippen molar-refractivity contribution in [3.8, 4) is 0 Å². The predicted molar refractivity (Wildman–Crippen MR) is 84.6 cm³/mol. The predicted octanol–water partition coefficient (Wildman–Crippen LogP) is 2.26. The smallest absolute Gasteiger partial charge is 0.251 e. The summed E-state index contributed by atoms with van der Waals surface area (Å²) in [5, 5.41) is -0.411. The molecule has 21 heavy (non-hydrogen) atoms. The fourth-order valence-electron chi connectivity index (χ4n) is 2.83. The molecular formula is C15H19NO3S2. The average molecular weight is 325 g/mol. The number of amides is 1. The molecule has 0 spiro atoms. The molecule has 1 saturated carbocycles. The minimum Gasteiger partial charge on any atom is -0.272 e. The van der Waals surface area contributed by atoms with Crippen LogP contribution in [-0.4, -0.2) is 25.8 Å². The van der Waals surface area contributed by atoms with Gasteiger partial charge in [-0.15, -0.1) is 11.8 Å². The number of benzene rings is 1. The molecule has 0 bridgehead atoms. The minimum absolute atomic E-state index is 0.0811. The van der Waals surface area contributed by atoms with E-state index in [2.05, 4.69) is 4.72 Å². The van der Waals surface area contributed by atoms with E-state index in [1.165, 1.54) is 11.8 Å². The summed E-state index contributed by atoms with van der Waals surface area (Å²) in [6.07, 6.45) is 3.94. The van der Waals surface area contributed by atoms with Crippen LogP contribution < -0.4 is 4.72 Å². The third-order valence-electron chi connectivity index (χ3n) is 4.17. The fraction of sp³-hybridized carbons (Fsp3) is 0.533. The highest BCUT2D eigenvalue weighted by molar-refractivity contribution is 8.00. The molecular weight excluding hydrogens is 306 g/mol. The normalized spacial score (nSPS) is 22.2. The monoisotopic (exact) mass is 325 g/mol. The molecule has 1 fully saturated rings. The Kier molecular flexibility index (Phi) is 4.26. The summed E-state index contributed by atoms with van der Waals surface area (Å²) in [6, 6.07) is 7.79. The maximum Gasteiger partial charge on any atom is 0.251 e. The molecule has 0 radical (unpaired) electrons. The number of fused-ring (bicyclic) bond motifs is 1. The van der Waals surface area contributed by atoms with Crippen LogP contribution in [0, 0.1) is 5.92 Å². The largest absolute Gasteiger partial charge is 0.272 e. The Balaban J connectivity index is 1.71. The highest BCUT2D eigenvalue weighted by Crippen LogP contribution is 2.37.